The molecule has 3 rings (SSSR count). The molecule has 4 nitrogen and oxygen atoms in total. The average molecular weight is 186 g/mol. The Hall–Kier alpha value is -2.10. The van der Waals surface area contributed by atoms with Crippen LogP contribution >= 0.6 is 0 Å². The molecule has 68 valence electrons. The highest BCUT2D eigenvalue weighted by atomic mass is 17.2. The van der Waals surface area contributed by atoms with Gasteiger partial charge in [0, 0.05) is 5.22 Å². The van der Waals surface area contributed by atoms with Crippen molar-refractivity contribution in [1.29, 1.82) is 0 Å². The highest BCUT2D eigenvalue weighted by Gasteiger charge is 2.07. The van der Waals surface area contributed by atoms with Gasteiger partial charge in [0.1, 0.15) is 0 Å². The third-order valence-corrected chi connectivity index (χ3v) is 2.11. The Morgan fingerprint density at radius 3 is 3.07 bits per heavy atom. The molecule has 2 aliphatic rings. The molecule has 0 N–H and O–H groups in total. The van der Waals surface area contributed by atoms with Crippen LogP contribution in [0, 0.1) is 0 Å². The minimum absolute atomic E-state index is 0.713. The van der Waals surface area contributed by atoms with Gasteiger partial charge in [-0.2, -0.15) is 10.2 Å². The molecular weight excluding hydrogens is 180 g/mol. The van der Waals surface area contributed by atoms with Crippen LogP contribution in [0.2, 0.25) is 0 Å². The van der Waals surface area contributed by atoms with E-state index in [0.29, 0.717) is 5.75 Å². The van der Waals surface area contributed by atoms with Gasteiger partial charge < -0.3 is 0 Å². The van der Waals surface area contributed by atoms with Gasteiger partial charge in [0.05, 0.1) is 17.6 Å². The van der Waals surface area contributed by atoms with Crippen LogP contribution in [0.1, 0.15) is 5.56 Å². The first-order valence-electron chi connectivity index (χ1n) is 4.18. The summed E-state index contributed by atoms with van der Waals surface area (Å²) in [5, 5.41) is 9.55. The van der Waals surface area contributed by atoms with Crippen molar-refractivity contribution in [1.82, 2.24) is 0 Å². The molecule has 2 heterocycles. The largest absolute Gasteiger partial charge is 0.297 e. The van der Waals surface area contributed by atoms with Crippen molar-refractivity contribution in [3.8, 4) is 5.75 Å². The van der Waals surface area contributed by atoms with E-state index in [1.54, 1.807) is 18.7 Å². The summed E-state index contributed by atoms with van der Waals surface area (Å²) in [6, 6.07) is 3.85. The predicted molar refractivity (Wildman–Crippen MR) is 50.2 cm³/mol. The van der Waals surface area contributed by atoms with Crippen LogP contribution in [-0.2, 0) is 4.89 Å². The van der Waals surface area contributed by atoms with E-state index in [1.165, 1.54) is 0 Å². The van der Waals surface area contributed by atoms with Gasteiger partial charge in [-0.1, -0.05) is 0 Å². The zero-order valence-electron chi connectivity index (χ0n) is 7.18. The molecule has 0 saturated carbocycles. The molecule has 0 radical (unpaired) electrons. The fourth-order valence-electron chi connectivity index (χ4n) is 1.43. The number of azo groups is 1. The van der Waals surface area contributed by atoms with Gasteiger partial charge >= 0.3 is 0 Å². The normalized spacial score (nSPS) is 15.4. The number of hydrogen-bond acceptors (Lipinski definition) is 4. The quantitative estimate of drug-likeness (QED) is 0.565. The monoisotopic (exact) mass is 186 g/mol. The summed E-state index contributed by atoms with van der Waals surface area (Å²) in [7, 11) is 0. The Morgan fingerprint density at radius 1 is 1.07 bits per heavy atom. The van der Waals surface area contributed by atoms with Gasteiger partial charge in [0.2, 0.25) is 0 Å². The average Bonchev–Trinajstić information content (AvgIpc) is 2.51. The molecule has 0 atom stereocenters. The molecule has 1 aromatic rings. The Morgan fingerprint density at radius 2 is 2.07 bits per heavy atom. The molecule has 4 heteroatoms. The van der Waals surface area contributed by atoms with Gasteiger partial charge in [0.15, 0.2) is 12.0 Å². The van der Waals surface area contributed by atoms with Crippen molar-refractivity contribution in [3.05, 3.63) is 34.3 Å². The van der Waals surface area contributed by atoms with Crippen molar-refractivity contribution in [3.63, 3.8) is 0 Å². The molecule has 0 unspecified atom stereocenters. The summed E-state index contributed by atoms with van der Waals surface area (Å²) < 4.78 is 0. The second-order valence-corrected chi connectivity index (χ2v) is 2.99. The third-order valence-electron chi connectivity index (χ3n) is 2.11. The van der Waals surface area contributed by atoms with Crippen LogP contribution in [0.25, 0.3) is 18.5 Å². The topological polar surface area (TPSA) is 43.2 Å². The molecule has 2 aliphatic heterocycles. The molecule has 0 bridgehead atoms. The summed E-state index contributed by atoms with van der Waals surface area (Å²) in [6.45, 7) is 0. The second-order valence-electron chi connectivity index (χ2n) is 2.99. The van der Waals surface area contributed by atoms with Crippen LogP contribution in [0.5, 0.6) is 5.75 Å². The zero-order chi connectivity index (χ0) is 9.38. The SMILES string of the molecule is C1=Cc2cc3c(cc2=CN=N1)OOC=3. The summed E-state index contributed by atoms with van der Waals surface area (Å²) in [5.41, 5.74) is 1.05. The first-order chi connectivity index (χ1) is 6.93. The molecule has 1 aromatic carbocycles. The summed E-state index contributed by atoms with van der Waals surface area (Å²) in [5.74, 6) is 0.713. The van der Waals surface area contributed by atoms with Gasteiger partial charge in [0.25, 0.3) is 0 Å². The van der Waals surface area contributed by atoms with Gasteiger partial charge in [-0.15, -0.1) is 0 Å². The summed E-state index contributed by atoms with van der Waals surface area (Å²) in [6.07, 6.45) is 6.82. The molecule has 0 amide bonds. The lowest BCUT2D eigenvalue weighted by atomic mass is 10.1. The first-order valence-corrected chi connectivity index (χ1v) is 4.18. The molecule has 0 aromatic heterocycles. The zero-order valence-corrected chi connectivity index (χ0v) is 7.18. The number of hydrogen-bond donors (Lipinski definition) is 0. The highest BCUT2D eigenvalue weighted by molar-refractivity contribution is 5.56. The molecule has 0 fully saturated rings. The maximum Gasteiger partial charge on any atom is 0.189 e. The van der Waals surface area contributed by atoms with Crippen molar-refractivity contribution in [2.45, 2.75) is 0 Å². The molecule has 0 spiro atoms. The minimum atomic E-state index is 0.713. The van der Waals surface area contributed by atoms with E-state index < -0.39 is 0 Å². The predicted octanol–water partition coefficient (Wildman–Crippen LogP) is 0.923. The van der Waals surface area contributed by atoms with Crippen molar-refractivity contribution >= 4 is 18.5 Å². The fourth-order valence-corrected chi connectivity index (χ4v) is 1.43. The lowest BCUT2D eigenvalue weighted by molar-refractivity contribution is -0.113. The number of nitrogens with zero attached hydrogens (tertiary/aromatic N) is 2. The first kappa shape index (κ1) is 7.32. The maximum absolute atomic E-state index is 4.93. The van der Waals surface area contributed by atoms with E-state index in [4.69, 9.17) is 9.78 Å². The number of rotatable bonds is 0. The Bertz CT molecular complexity index is 558. The van der Waals surface area contributed by atoms with Crippen molar-refractivity contribution in [2.75, 3.05) is 0 Å². The minimum Gasteiger partial charge on any atom is -0.297 e. The number of fused-ring (bicyclic) bond motifs is 2. The highest BCUT2D eigenvalue weighted by Crippen LogP contribution is 2.09. The molecule has 14 heavy (non-hydrogen) atoms. The Kier molecular flexibility index (Phi) is 1.41. The molecular formula is C10H6N2O2. The van der Waals surface area contributed by atoms with E-state index in [-0.39, 0.29) is 0 Å². The van der Waals surface area contributed by atoms with Gasteiger partial charge in [-0.05, 0) is 23.8 Å². The smallest absolute Gasteiger partial charge is 0.189 e. The van der Waals surface area contributed by atoms with E-state index in [0.717, 1.165) is 16.0 Å². The van der Waals surface area contributed by atoms with Crippen LogP contribution in [-0.4, -0.2) is 0 Å². The maximum atomic E-state index is 4.93. The van der Waals surface area contributed by atoms with E-state index in [1.807, 2.05) is 18.2 Å². The summed E-state index contributed by atoms with van der Waals surface area (Å²) in [4.78, 5) is 9.68. The van der Waals surface area contributed by atoms with E-state index in [9.17, 15) is 0 Å². The number of benzene rings is 1. The lowest BCUT2D eigenvalue weighted by Gasteiger charge is -1.96. The van der Waals surface area contributed by atoms with Crippen LogP contribution in [0.3, 0.4) is 0 Å². The fraction of sp³-hybridized carbons (Fsp3) is 0. The van der Waals surface area contributed by atoms with Crippen LogP contribution < -0.4 is 15.3 Å². The lowest BCUT2D eigenvalue weighted by Crippen LogP contribution is -2.11. The van der Waals surface area contributed by atoms with Gasteiger partial charge in [-0.3, -0.25) is 9.78 Å². The molecule has 0 aliphatic carbocycles. The van der Waals surface area contributed by atoms with Crippen molar-refractivity contribution in [2.24, 2.45) is 10.2 Å². The van der Waals surface area contributed by atoms with E-state index >= 15 is 0 Å². The molecule has 0 saturated heterocycles. The van der Waals surface area contributed by atoms with Crippen LogP contribution in [0.4, 0.5) is 0 Å². The third kappa shape index (κ3) is 1.01. The standard InChI is InChI=1S/C10H6N2O2/c1-2-11-12-5-8-4-10-9(3-7(1)8)6-13-14-10/h1-6H. The Balaban J connectivity index is 2.37. The van der Waals surface area contributed by atoms with Gasteiger partial charge in [-0.25, -0.2) is 0 Å². The van der Waals surface area contributed by atoms with Crippen LogP contribution in [0.15, 0.2) is 28.6 Å². The van der Waals surface area contributed by atoms with Crippen molar-refractivity contribution < 1.29 is 9.78 Å². The van der Waals surface area contributed by atoms with E-state index in [2.05, 4.69) is 10.2 Å². The summed E-state index contributed by atoms with van der Waals surface area (Å²) >= 11 is 0. The Labute approximate surface area is 79.4 Å². The second kappa shape index (κ2) is 2.70.